The van der Waals surface area contributed by atoms with Gasteiger partial charge in [-0.05, 0) is 36.3 Å². The fraction of sp³-hybridized carbons (Fsp3) is 0.188. The summed E-state index contributed by atoms with van der Waals surface area (Å²) in [6, 6.07) is 14.4. The van der Waals surface area contributed by atoms with E-state index in [1.165, 1.54) is 5.39 Å². The van der Waals surface area contributed by atoms with E-state index >= 15 is 0 Å². The Bertz CT molecular complexity index is 579. The minimum Gasteiger partial charge on any atom is -0.350 e. The molecule has 0 bridgehead atoms. The van der Waals surface area contributed by atoms with E-state index in [0.29, 0.717) is 0 Å². The molecule has 0 aromatic heterocycles. The van der Waals surface area contributed by atoms with Crippen LogP contribution in [-0.4, -0.2) is 11.9 Å². The van der Waals surface area contributed by atoms with Gasteiger partial charge in [-0.25, -0.2) is 0 Å². The van der Waals surface area contributed by atoms with Crippen molar-refractivity contribution in [3.8, 4) is 0 Å². The Kier molecular flexibility index (Phi) is 3.78. The number of nitrogens with one attached hydrogen (secondary N) is 1. The van der Waals surface area contributed by atoms with Crippen molar-refractivity contribution >= 4 is 22.8 Å². The minimum atomic E-state index is -0.0575. The van der Waals surface area contributed by atoms with Crippen molar-refractivity contribution < 1.29 is 4.79 Å². The maximum absolute atomic E-state index is 11.6. The van der Waals surface area contributed by atoms with E-state index in [-0.39, 0.29) is 11.9 Å². The molecule has 0 spiro atoms. The molecule has 0 atom stereocenters. The van der Waals surface area contributed by atoms with E-state index < -0.39 is 0 Å². The Morgan fingerprint density at radius 2 is 1.83 bits per heavy atom. The highest BCUT2D eigenvalue weighted by molar-refractivity contribution is 5.96. The highest BCUT2D eigenvalue weighted by Crippen LogP contribution is 2.19. The average Bonchev–Trinajstić information content (AvgIpc) is 2.35. The van der Waals surface area contributed by atoms with E-state index in [0.717, 1.165) is 10.9 Å². The monoisotopic (exact) mass is 239 g/mol. The summed E-state index contributed by atoms with van der Waals surface area (Å²) in [5.74, 6) is -0.0575. The van der Waals surface area contributed by atoms with Gasteiger partial charge in [-0.1, -0.05) is 42.5 Å². The Labute approximate surface area is 107 Å². The molecular formula is C16H17NO. The van der Waals surface area contributed by atoms with E-state index in [4.69, 9.17) is 0 Å². The molecule has 2 rings (SSSR count). The number of rotatable bonds is 3. The van der Waals surface area contributed by atoms with Gasteiger partial charge >= 0.3 is 0 Å². The first kappa shape index (κ1) is 12.4. The molecule has 1 amide bonds. The van der Waals surface area contributed by atoms with Gasteiger partial charge in [0.2, 0.25) is 5.91 Å². The van der Waals surface area contributed by atoms with Gasteiger partial charge in [0.05, 0.1) is 0 Å². The van der Waals surface area contributed by atoms with E-state index in [1.807, 2.05) is 44.2 Å². The highest BCUT2D eigenvalue weighted by atomic mass is 16.1. The van der Waals surface area contributed by atoms with Crippen LogP contribution in [0.4, 0.5) is 0 Å². The van der Waals surface area contributed by atoms with Crippen LogP contribution in [0, 0.1) is 0 Å². The van der Waals surface area contributed by atoms with Crippen LogP contribution >= 0.6 is 0 Å². The summed E-state index contributed by atoms with van der Waals surface area (Å²) in [6.07, 6.45) is 3.45. The van der Waals surface area contributed by atoms with Gasteiger partial charge in [0, 0.05) is 12.1 Å². The molecule has 2 aromatic carbocycles. The summed E-state index contributed by atoms with van der Waals surface area (Å²) >= 11 is 0. The fourth-order valence-electron chi connectivity index (χ4n) is 1.89. The summed E-state index contributed by atoms with van der Waals surface area (Å²) in [5, 5.41) is 5.18. The number of carbonyl (C=O) groups excluding carboxylic acids is 1. The Hall–Kier alpha value is -2.09. The van der Waals surface area contributed by atoms with Crippen LogP contribution in [-0.2, 0) is 4.79 Å². The van der Waals surface area contributed by atoms with Gasteiger partial charge in [0.25, 0.3) is 0 Å². The molecule has 0 aliphatic rings. The lowest BCUT2D eigenvalue weighted by Crippen LogP contribution is -2.28. The zero-order valence-electron chi connectivity index (χ0n) is 10.7. The summed E-state index contributed by atoms with van der Waals surface area (Å²) < 4.78 is 0. The number of amides is 1. The second kappa shape index (κ2) is 5.50. The first-order valence-electron chi connectivity index (χ1n) is 6.13. The van der Waals surface area contributed by atoms with Crippen LogP contribution in [0.25, 0.3) is 16.8 Å². The molecule has 0 heterocycles. The van der Waals surface area contributed by atoms with E-state index in [1.54, 1.807) is 6.08 Å². The van der Waals surface area contributed by atoms with Crippen molar-refractivity contribution in [1.82, 2.24) is 5.32 Å². The molecule has 0 saturated heterocycles. The lowest BCUT2D eigenvalue weighted by molar-refractivity contribution is -0.116. The molecule has 0 radical (unpaired) electrons. The average molecular weight is 239 g/mol. The third-order valence-corrected chi connectivity index (χ3v) is 2.67. The summed E-state index contributed by atoms with van der Waals surface area (Å²) in [5.41, 5.74) is 1.06. The van der Waals surface area contributed by atoms with Crippen LogP contribution < -0.4 is 5.32 Å². The van der Waals surface area contributed by atoms with Crippen LogP contribution in [0.3, 0.4) is 0 Å². The molecular weight excluding hydrogens is 222 g/mol. The molecule has 0 aliphatic heterocycles. The van der Waals surface area contributed by atoms with Crippen molar-refractivity contribution in [3.63, 3.8) is 0 Å². The predicted molar refractivity (Wildman–Crippen MR) is 76.3 cm³/mol. The smallest absolute Gasteiger partial charge is 0.244 e. The number of carbonyl (C=O) groups is 1. The van der Waals surface area contributed by atoms with Crippen molar-refractivity contribution in [2.75, 3.05) is 0 Å². The zero-order valence-corrected chi connectivity index (χ0v) is 10.7. The standard InChI is InChI=1S/C16H17NO/c1-12(2)17-16(18)11-10-14-8-5-7-13-6-3-4-9-15(13)14/h3-12H,1-2H3,(H,17,18)/b11-10-. The summed E-state index contributed by atoms with van der Waals surface area (Å²) in [6.45, 7) is 3.90. The van der Waals surface area contributed by atoms with Crippen LogP contribution in [0.1, 0.15) is 19.4 Å². The molecule has 0 aliphatic carbocycles. The second-order valence-electron chi connectivity index (χ2n) is 4.56. The quantitative estimate of drug-likeness (QED) is 0.817. The maximum atomic E-state index is 11.6. The molecule has 1 N–H and O–H groups in total. The Morgan fingerprint density at radius 1 is 1.11 bits per heavy atom. The lowest BCUT2D eigenvalue weighted by Gasteiger charge is -2.05. The molecule has 0 fully saturated rings. The largest absolute Gasteiger partial charge is 0.350 e. The number of benzene rings is 2. The van der Waals surface area contributed by atoms with Gasteiger partial charge in [0.15, 0.2) is 0 Å². The van der Waals surface area contributed by atoms with Gasteiger partial charge < -0.3 is 5.32 Å². The van der Waals surface area contributed by atoms with Crippen LogP contribution in [0.5, 0.6) is 0 Å². The van der Waals surface area contributed by atoms with Gasteiger partial charge in [-0.2, -0.15) is 0 Å². The molecule has 2 heteroatoms. The lowest BCUT2D eigenvalue weighted by atomic mass is 10.0. The van der Waals surface area contributed by atoms with Crippen molar-refractivity contribution in [1.29, 1.82) is 0 Å². The molecule has 92 valence electrons. The molecule has 2 aromatic rings. The normalized spacial score (nSPS) is 11.3. The van der Waals surface area contributed by atoms with E-state index in [2.05, 4.69) is 23.5 Å². The van der Waals surface area contributed by atoms with E-state index in [9.17, 15) is 4.79 Å². The van der Waals surface area contributed by atoms with Crippen LogP contribution in [0.2, 0.25) is 0 Å². The molecule has 2 nitrogen and oxygen atoms in total. The van der Waals surface area contributed by atoms with Gasteiger partial charge in [0.1, 0.15) is 0 Å². The summed E-state index contributed by atoms with van der Waals surface area (Å²) in [4.78, 5) is 11.6. The predicted octanol–water partition coefficient (Wildman–Crippen LogP) is 3.38. The van der Waals surface area contributed by atoms with Gasteiger partial charge in [-0.15, -0.1) is 0 Å². The Morgan fingerprint density at radius 3 is 2.61 bits per heavy atom. The first-order chi connectivity index (χ1) is 8.66. The summed E-state index contributed by atoms with van der Waals surface area (Å²) in [7, 11) is 0. The first-order valence-corrected chi connectivity index (χ1v) is 6.13. The molecule has 18 heavy (non-hydrogen) atoms. The highest BCUT2D eigenvalue weighted by Gasteiger charge is 1.99. The topological polar surface area (TPSA) is 29.1 Å². The Balaban J connectivity index is 2.27. The third-order valence-electron chi connectivity index (χ3n) is 2.67. The minimum absolute atomic E-state index is 0.0575. The van der Waals surface area contributed by atoms with Crippen LogP contribution in [0.15, 0.2) is 48.5 Å². The third kappa shape index (κ3) is 2.98. The number of fused-ring (bicyclic) bond motifs is 1. The number of hydrogen-bond acceptors (Lipinski definition) is 1. The SMILES string of the molecule is CC(C)NC(=O)/C=C\c1cccc2ccccc12. The maximum Gasteiger partial charge on any atom is 0.244 e. The van der Waals surface area contributed by atoms with Crippen molar-refractivity contribution in [3.05, 3.63) is 54.1 Å². The molecule has 0 saturated carbocycles. The van der Waals surface area contributed by atoms with Gasteiger partial charge in [-0.3, -0.25) is 4.79 Å². The molecule has 0 unspecified atom stereocenters. The van der Waals surface area contributed by atoms with Crippen molar-refractivity contribution in [2.45, 2.75) is 19.9 Å². The zero-order chi connectivity index (χ0) is 13.0. The number of hydrogen-bond donors (Lipinski definition) is 1. The van der Waals surface area contributed by atoms with Crippen molar-refractivity contribution in [2.24, 2.45) is 0 Å². The second-order valence-corrected chi connectivity index (χ2v) is 4.56. The fourth-order valence-corrected chi connectivity index (χ4v) is 1.89.